The van der Waals surface area contributed by atoms with Gasteiger partial charge in [0.1, 0.15) is 5.82 Å². The molecule has 0 radical (unpaired) electrons. The lowest BCUT2D eigenvalue weighted by Gasteiger charge is -2.26. The molecule has 1 N–H and O–H groups in total. The molecule has 3 aromatic rings. The zero-order chi connectivity index (χ0) is 19.3. The average Bonchev–Trinajstić information content (AvgIpc) is 3.17. The maximum Gasteiger partial charge on any atom is 0.253 e. The van der Waals surface area contributed by atoms with Gasteiger partial charge in [0.15, 0.2) is 0 Å². The quantitative estimate of drug-likeness (QED) is 0.758. The maximum absolute atomic E-state index is 12.3. The predicted molar refractivity (Wildman–Crippen MR) is 111 cm³/mol. The van der Waals surface area contributed by atoms with Crippen molar-refractivity contribution in [2.75, 3.05) is 6.54 Å². The Morgan fingerprint density at radius 3 is 2.57 bits per heavy atom. The van der Waals surface area contributed by atoms with Crippen LogP contribution in [-0.4, -0.2) is 39.0 Å². The summed E-state index contributed by atoms with van der Waals surface area (Å²) < 4.78 is 2.18. The van der Waals surface area contributed by atoms with Gasteiger partial charge in [-0.05, 0) is 44.4 Å². The van der Waals surface area contributed by atoms with Gasteiger partial charge in [-0.1, -0.05) is 30.3 Å². The van der Waals surface area contributed by atoms with Gasteiger partial charge < -0.3 is 9.88 Å². The molecule has 1 aromatic heterocycles. The number of rotatable bonds is 3. The van der Waals surface area contributed by atoms with Crippen LogP contribution >= 0.6 is 0 Å². The van der Waals surface area contributed by atoms with Gasteiger partial charge in [0.25, 0.3) is 5.91 Å². The molecule has 0 spiro atoms. The average molecular weight is 374 g/mol. The van der Waals surface area contributed by atoms with Gasteiger partial charge in [-0.3, -0.25) is 9.69 Å². The van der Waals surface area contributed by atoms with Crippen LogP contribution in [0.2, 0.25) is 0 Å². The summed E-state index contributed by atoms with van der Waals surface area (Å²) in [5, 5.41) is 2.98. The van der Waals surface area contributed by atoms with E-state index in [2.05, 4.69) is 52.9 Å². The Kier molecular flexibility index (Phi) is 4.20. The minimum atomic E-state index is -0.0139. The summed E-state index contributed by atoms with van der Waals surface area (Å²) in [6.07, 6.45) is 2.58. The summed E-state index contributed by atoms with van der Waals surface area (Å²) in [5.74, 6) is 0.924. The topological polar surface area (TPSA) is 50.2 Å². The van der Waals surface area contributed by atoms with Crippen molar-refractivity contribution in [1.29, 1.82) is 0 Å². The standard InChI is InChI=1S/C23H26N4O/c1-15-6-7-16(2)27(15)14-17-8-10-18(11-9-17)22-25-20-5-3-4-19-21(20)26(22)13-12-24-23(19)28/h3-5,8-11,15-16H,6-7,12-14H2,1-2H3,(H,24,28). The number of carbonyl (C=O) groups excluding carboxylic acids is 1. The summed E-state index contributed by atoms with van der Waals surface area (Å²) in [5.41, 5.74) is 4.98. The Morgan fingerprint density at radius 1 is 1.07 bits per heavy atom. The van der Waals surface area contributed by atoms with Crippen LogP contribution in [0.15, 0.2) is 42.5 Å². The van der Waals surface area contributed by atoms with Crippen LogP contribution in [0.3, 0.4) is 0 Å². The molecule has 1 fully saturated rings. The summed E-state index contributed by atoms with van der Waals surface area (Å²) in [6, 6.07) is 15.9. The largest absolute Gasteiger partial charge is 0.350 e. The van der Waals surface area contributed by atoms with Crippen molar-refractivity contribution < 1.29 is 4.79 Å². The molecule has 0 saturated carbocycles. The van der Waals surface area contributed by atoms with Gasteiger partial charge in [-0.2, -0.15) is 0 Å². The Morgan fingerprint density at radius 2 is 1.82 bits per heavy atom. The second-order valence-corrected chi connectivity index (χ2v) is 8.16. The van der Waals surface area contributed by atoms with Crippen LogP contribution in [-0.2, 0) is 13.1 Å². The summed E-state index contributed by atoms with van der Waals surface area (Å²) in [4.78, 5) is 19.8. The Bertz CT molecular complexity index is 1030. The van der Waals surface area contributed by atoms with Crippen molar-refractivity contribution in [2.24, 2.45) is 0 Å². The van der Waals surface area contributed by atoms with E-state index in [1.54, 1.807) is 0 Å². The molecule has 5 rings (SSSR count). The van der Waals surface area contributed by atoms with Crippen molar-refractivity contribution in [3.05, 3.63) is 53.6 Å². The molecular formula is C23H26N4O. The highest BCUT2D eigenvalue weighted by molar-refractivity contribution is 6.06. The molecule has 2 unspecified atom stereocenters. The van der Waals surface area contributed by atoms with Crippen molar-refractivity contribution in [1.82, 2.24) is 19.8 Å². The monoisotopic (exact) mass is 374 g/mol. The van der Waals surface area contributed by atoms with Crippen molar-refractivity contribution in [2.45, 2.75) is 51.9 Å². The van der Waals surface area contributed by atoms with Gasteiger partial charge in [0.05, 0.1) is 16.6 Å². The highest BCUT2D eigenvalue weighted by atomic mass is 16.1. The molecule has 28 heavy (non-hydrogen) atoms. The zero-order valence-electron chi connectivity index (χ0n) is 16.5. The SMILES string of the molecule is CC1CCC(C)N1Cc1ccc(-c2nc3cccc4c3n2CCNC4=O)cc1. The third-order valence-corrected chi connectivity index (χ3v) is 6.34. The summed E-state index contributed by atoms with van der Waals surface area (Å²) in [6.45, 7) is 7.01. The number of para-hydroxylation sites is 1. The van der Waals surface area contributed by atoms with Crippen LogP contribution in [0.5, 0.6) is 0 Å². The minimum Gasteiger partial charge on any atom is -0.350 e. The van der Waals surface area contributed by atoms with Crippen LogP contribution in [0.4, 0.5) is 0 Å². The number of imidazole rings is 1. The van der Waals surface area contributed by atoms with E-state index in [0.717, 1.165) is 35.5 Å². The molecule has 0 aliphatic carbocycles. The first-order valence-electron chi connectivity index (χ1n) is 10.2. The third-order valence-electron chi connectivity index (χ3n) is 6.34. The number of hydrogen-bond donors (Lipinski definition) is 1. The lowest BCUT2D eigenvalue weighted by Crippen LogP contribution is -2.31. The number of nitrogens with one attached hydrogen (secondary N) is 1. The highest BCUT2D eigenvalue weighted by Crippen LogP contribution is 2.30. The third kappa shape index (κ3) is 2.81. The molecule has 144 valence electrons. The Hall–Kier alpha value is -2.66. The first-order valence-corrected chi connectivity index (χ1v) is 10.2. The fourth-order valence-electron chi connectivity index (χ4n) is 4.71. The van der Waals surface area contributed by atoms with E-state index in [4.69, 9.17) is 4.98 Å². The summed E-state index contributed by atoms with van der Waals surface area (Å²) >= 11 is 0. The first-order chi connectivity index (χ1) is 13.6. The molecule has 2 aliphatic rings. The van der Waals surface area contributed by atoms with E-state index >= 15 is 0 Å². The number of benzene rings is 2. The van der Waals surface area contributed by atoms with Crippen molar-refractivity contribution >= 4 is 16.9 Å². The number of likely N-dealkylation sites (tertiary alicyclic amines) is 1. The number of hydrogen-bond acceptors (Lipinski definition) is 3. The van der Waals surface area contributed by atoms with Gasteiger partial charge in [0.2, 0.25) is 0 Å². The lowest BCUT2D eigenvalue weighted by atomic mass is 10.1. The molecule has 3 heterocycles. The van der Waals surface area contributed by atoms with Crippen molar-refractivity contribution in [3.63, 3.8) is 0 Å². The molecule has 5 heteroatoms. The molecule has 2 atom stereocenters. The highest BCUT2D eigenvalue weighted by Gasteiger charge is 2.27. The molecule has 5 nitrogen and oxygen atoms in total. The zero-order valence-corrected chi connectivity index (χ0v) is 16.5. The molecule has 1 amide bonds. The molecular weight excluding hydrogens is 348 g/mol. The molecule has 2 aromatic carbocycles. The Balaban J connectivity index is 1.50. The fourth-order valence-corrected chi connectivity index (χ4v) is 4.71. The van der Waals surface area contributed by atoms with Gasteiger partial charge >= 0.3 is 0 Å². The van der Waals surface area contributed by atoms with Crippen molar-refractivity contribution in [3.8, 4) is 11.4 Å². The predicted octanol–water partition coefficient (Wildman–Crippen LogP) is 3.82. The minimum absolute atomic E-state index is 0.0139. The Labute approximate surface area is 165 Å². The first kappa shape index (κ1) is 17.4. The van der Waals surface area contributed by atoms with E-state index in [1.165, 1.54) is 18.4 Å². The second kappa shape index (κ2) is 6.74. The van der Waals surface area contributed by atoms with E-state index in [-0.39, 0.29) is 5.91 Å². The second-order valence-electron chi connectivity index (χ2n) is 8.16. The summed E-state index contributed by atoms with van der Waals surface area (Å²) in [7, 11) is 0. The lowest BCUT2D eigenvalue weighted by molar-refractivity contribution is 0.0956. The molecule has 1 saturated heterocycles. The number of amides is 1. The fraction of sp³-hybridized carbons (Fsp3) is 0.391. The molecule has 0 bridgehead atoms. The van der Waals surface area contributed by atoms with Crippen LogP contribution in [0.1, 0.15) is 42.6 Å². The van der Waals surface area contributed by atoms with Gasteiger partial charge in [-0.25, -0.2) is 4.98 Å². The van der Waals surface area contributed by atoms with E-state index in [9.17, 15) is 4.79 Å². The number of nitrogens with zero attached hydrogens (tertiary/aromatic N) is 3. The molecule has 2 aliphatic heterocycles. The van der Waals surface area contributed by atoms with Gasteiger partial charge in [-0.15, -0.1) is 0 Å². The van der Waals surface area contributed by atoms with E-state index < -0.39 is 0 Å². The number of carbonyl (C=O) groups is 1. The number of aromatic nitrogens is 2. The van der Waals surface area contributed by atoms with Crippen LogP contribution < -0.4 is 5.32 Å². The smallest absolute Gasteiger partial charge is 0.253 e. The normalized spacial score (nSPS) is 22.4. The van der Waals surface area contributed by atoms with E-state index in [1.807, 2.05) is 18.2 Å². The van der Waals surface area contributed by atoms with E-state index in [0.29, 0.717) is 24.2 Å². The van der Waals surface area contributed by atoms with Crippen LogP contribution in [0, 0.1) is 0 Å². The maximum atomic E-state index is 12.3. The van der Waals surface area contributed by atoms with Crippen LogP contribution in [0.25, 0.3) is 22.4 Å². The van der Waals surface area contributed by atoms with Gasteiger partial charge in [0, 0.05) is 37.3 Å².